The van der Waals surface area contributed by atoms with Crippen LogP contribution in [0.3, 0.4) is 0 Å². The lowest BCUT2D eigenvalue weighted by Crippen LogP contribution is -2.28. The van der Waals surface area contributed by atoms with Gasteiger partial charge in [-0.15, -0.1) is 0 Å². The number of benzene rings is 2. The monoisotopic (exact) mass is 714 g/mol. The van der Waals surface area contributed by atoms with Crippen LogP contribution in [-0.2, 0) is 22.9 Å². The van der Waals surface area contributed by atoms with Gasteiger partial charge in [-0.05, 0) is 79.8 Å². The van der Waals surface area contributed by atoms with Gasteiger partial charge < -0.3 is 0 Å². The first-order valence-electron chi connectivity index (χ1n) is 15.3. The Morgan fingerprint density at radius 3 is 1.40 bits per heavy atom. The number of halogens is 2. The second-order valence-corrected chi connectivity index (χ2v) is 13.5. The van der Waals surface area contributed by atoms with Crippen LogP contribution in [0, 0.1) is 11.6 Å². The molecule has 0 spiro atoms. The van der Waals surface area contributed by atoms with Gasteiger partial charge in [-0.25, -0.2) is 27.2 Å². The van der Waals surface area contributed by atoms with E-state index in [-0.39, 0.29) is 34.3 Å². The summed E-state index contributed by atoms with van der Waals surface area (Å²) < 4.78 is 53.6. The van der Waals surface area contributed by atoms with Gasteiger partial charge in [0, 0.05) is 55.3 Å². The van der Waals surface area contributed by atoms with Crippen molar-refractivity contribution >= 4 is 21.6 Å². The summed E-state index contributed by atoms with van der Waals surface area (Å²) in [6, 6.07) is 18.2. The highest BCUT2D eigenvalue weighted by molar-refractivity contribution is 7.98. The molecule has 0 N–H and O–H groups in total. The Hall–Kier alpha value is -5.34. The average molecular weight is 715 g/mol. The predicted molar refractivity (Wildman–Crippen MR) is 190 cm³/mol. The molecule has 0 radical (unpaired) electrons. The Kier molecular flexibility index (Phi) is 11.1. The van der Waals surface area contributed by atoms with Crippen LogP contribution in [0.15, 0.2) is 117 Å². The second-order valence-electron chi connectivity index (χ2n) is 10.8. The maximum atomic E-state index is 13.3. The summed E-state index contributed by atoms with van der Waals surface area (Å²) in [4.78, 5) is 43.1. The Morgan fingerprint density at radius 2 is 1.02 bits per heavy atom. The number of pyridine rings is 2. The molecular formula is C36H32F2N6O4S2. The Morgan fingerprint density at radius 1 is 0.620 bits per heavy atom. The minimum atomic E-state index is -3.73. The summed E-state index contributed by atoms with van der Waals surface area (Å²) in [6.45, 7) is 4.23. The van der Waals surface area contributed by atoms with E-state index in [9.17, 15) is 26.8 Å². The van der Waals surface area contributed by atoms with Gasteiger partial charge in [-0.1, -0.05) is 36.0 Å². The fourth-order valence-electron chi connectivity index (χ4n) is 5.26. The summed E-state index contributed by atoms with van der Waals surface area (Å²) in [7, 11) is -3.73. The molecule has 6 rings (SSSR count). The molecule has 4 heterocycles. The van der Waals surface area contributed by atoms with E-state index in [0.717, 1.165) is 16.4 Å². The van der Waals surface area contributed by atoms with Crippen molar-refractivity contribution in [3.63, 3.8) is 0 Å². The van der Waals surface area contributed by atoms with Crippen LogP contribution in [0.2, 0.25) is 0 Å². The molecule has 10 nitrogen and oxygen atoms in total. The van der Waals surface area contributed by atoms with Crippen LogP contribution < -0.4 is 11.1 Å². The zero-order valence-corrected chi connectivity index (χ0v) is 29.2. The largest absolute Gasteiger partial charge is 0.287 e. The van der Waals surface area contributed by atoms with Crippen molar-refractivity contribution in [2.24, 2.45) is 0 Å². The molecule has 4 aromatic heterocycles. The van der Waals surface area contributed by atoms with Crippen molar-refractivity contribution in [3.8, 4) is 44.8 Å². The van der Waals surface area contributed by atoms with Gasteiger partial charge in [0.25, 0.3) is 11.1 Å². The highest BCUT2D eigenvalue weighted by atomic mass is 32.2. The number of aromatic nitrogens is 6. The van der Waals surface area contributed by atoms with E-state index in [1.54, 1.807) is 48.1 Å². The lowest BCUT2D eigenvalue weighted by molar-refractivity contribution is 0.557. The van der Waals surface area contributed by atoms with Crippen molar-refractivity contribution in [2.45, 2.75) is 37.2 Å². The van der Waals surface area contributed by atoms with Gasteiger partial charge >= 0.3 is 0 Å². The zero-order valence-electron chi connectivity index (χ0n) is 27.5. The Bertz CT molecular complexity index is 2350. The first kappa shape index (κ1) is 36.0. The average Bonchev–Trinajstić information content (AvgIpc) is 3.12. The van der Waals surface area contributed by atoms with Crippen molar-refractivity contribution in [1.29, 1.82) is 0 Å². The smallest absolute Gasteiger partial charge is 0.262 e. The molecule has 0 atom stereocenters. The van der Waals surface area contributed by atoms with Crippen LogP contribution in [0.1, 0.15) is 13.8 Å². The standard InChI is InChI=1S/C18H16FN3O3S.C18H16FN3OS/c1-3-22-17(23)15(12-4-6-14(19)7-5-12)16(13-8-10-20-11-9-13)21-18(22)26(2,24)25;1-3-22-17(23)15(12-4-6-14(19)7-5-12)16(21-18(22)24-2)13-8-10-20-11-9-13/h4-11H,3H2,1-2H3;4-11H,3H2,1-2H3. The number of rotatable bonds is 8. The van der Waals surface area contributed by atoms with E-state index in [1.165, 1.54) is 60.6 Å². The minimum Gasteiger partial charge on any atom is -0.287 e. The lowest BCUT2D eigenvalue weighted by atomic mass is 10.0. The molecule has 0 saturated heterocycles. The van der Waals surface area contributed by atoms with E-state index in [1.807, 2.05) is 25.3 Å². The van der Waals surface area contributed by atoms with Gasteiger partial charge in [0.2, 0.25) is 15.0 Å². The van der Waals surface area contributed by atoms with E-state index >= 15 is 0 Å². The van der Waals surface area contributed by atoms with E-state index in [4.69, 9.17) is 4.98 Å². The van der Waals surface area contributed by atoms with Gasteiger partial charge in [-0.3, -0.25) is 28.7 Å². The lowest BCUT2D eigenvalue weighted by Gasteiger charge is -2.15. The molecule has 0 aliphatic carbocycles. The van der Waals surface area contributed by atoms with Crippen molar-refractivity contribution in [2.75, 3.05) is 12.5 Å². The van der Waals surface area contributed by atoms with Crippen LogP contribution in [0.25, 0.3) is 44.8 Å². The van der Waals surface area contributed by atoms with Crippen molar-refractivity contribution in [1.82, 2.24) is 29.1 Å². The molecular weight excluding hydrogens is 683 g/mol. The Balaban J connectivity index is 0.000000195. The molecule has 0 bridgehead atoms. The van der Waals surface area contributed by atoms with Gasteiger partial charge in [0.1, 0.15) is 11.6 Å². The van der Waals surface area contributed by atoms with Crippen molar-refractivity contribution in [3.05, 3.63) is 130 Å². The third-order valence-electron chi connectivity index (χ3n) is 7.59. The minimum absolute atomic E-state index is 0.129. The molecule has 0 aliphatic heterocycles. The molecule has 0 unspecified atom stereocenters. The molecule has 0 saturated carbocycles. The van der Waals surface area contributed by atoms with Gasteiger partial charge in [0.15, 0.2) is 5.16 Å². The molecule has 2 aromatic carbocycles. The summed E-state index contributed by atoms with van der Waals surface area (Å²) >= 11 is 1.43. The normalized spacial score (nSPS) is 11.2. The van der Waals surface area contributed by atoms with Gasteiger partial charge in [-0.2, -0.15) is 0 Å². The Labute approximate surface area is 291 Å². The highest BCUT2D eigenvalue weighted by Crippen LogP contribution is 2.30. The summed E-state index contributed by atoms with van der Waals surface area (Å²) in [5.74, 6) is -0.774. The predicted octanol–water partition coefficient (Wildman–Crippen LogP) is 6.39. The van der Waals surface area contributed by atoms with E-state index in [2.05, 4.69) is 15.0 Å². The molecule has 50 heavy (non-hydrogen) atoms. The highest BCUT2D eigenvalue weighted by Gasteiger charge is 2.24. The van der Waals surface area contributed by atoms with Crippen LogP contribution in [-0.4, -0.2) is 50.0 Å². The molecule has 0 aliphatic rings. The van der Waals surface area contributed by atoms with E-state index in [0.29, 0.717) is 39.6 Å². The summed E-state index contributed by atoms with van der Waals surface area (Å²) in [5.41, 5.74) is 3.32. The van der Waals surface area contributed by atoms with E-state index < -0.39 is 21.2 Å². The summed E-state index contributed by atoms with van der Waals surface area (Å²) in [6.07, 6.45) is 9.27. The maximum Gasteiger partial charge on any atom is 0.262 e. The fraction of sp³-hybridized carbons (Fsp3) is 0.167. The second kappa shape index (κ2) is 15.5. The summed E-state index contributed by atoms with van der Waals surface area (Å²) in [5, 5.41) is 0.350. The number of thioether (sulfide) groups is 1. The fourth-order valence-corrected chi connectivity index (χ4v) is 6.74. The maximum absolute atomic E-state index is 13.3. The van der Waals surface area contributed by atoms with Gasteiger partial charge in [0.05, 0.1) is 22.5 Å². The quantitative estimate of drug-likeness (QED) is 0.130. The topological polar surface area (TPSA) is 130 Å². The third kappa shape index (κ3) is 7.61. The molecule has 14 heteroatoms. The number of nitrogens with zero attached hydrogens (tertiary/aromatic N) is 6. The number of hydrogen-bond acceptors (Lipinski definition) is 9. The SMILES string of the molecule is CCn1c(S(C)(=O)=O)nc(-c2ccncc2)c(-c2ccc(F)cc2)c1=O.CCn1c(SC)nc(-c2ccncc2)c(-c2ccc(F)cc2)c1=O. The number of sulfone groups is 1. The molecule has 6 aromatic rings. The molecule has 0 fully saturated rings. The first-order chi connectivity index (χ1) is 24.0. The molecule has 0 amide bonds. The van der Waals surface area contributed by atoms with Crippen LogP contribution >= 0.6 is 11.8 Å². The third-order valence-corrected chi connectivity index (χ3v) is 9.24. The van der Waals surface area contributed by atoms with Crippen LogP contribution in [0.5, 0.6) is 0 Å². The molecule has 256 valence electrons. The number of hydrogen-bond donors (Lipinski definition) is 0. The van der Waals surface area contributed by atoms with Crippen molar-refractivity contribution < 1.29 is 17.2 Å². The first-order valence-corrected chi connectivity index (χ1v) is 18.5. The zero-order chi connectivity index (χ0) is 36.0. The van der Waals surface area contributed by atoms with Crippen LogP contribution in [0.4, 0.5) is 8.78 Å².